The number of nitrogen functional groups attached to an aromatic ring is 1. The largest absolute Gasteiger partial charge is 0.397 e. The van der Waals surface area contributed by atoms with Gasteiger partial charge in [-0.3, -0.25) is 0 Å². The zero-order valence-corrected chi connectivity index (χ0v) is 10.2. The molecule has 0 spiro atoms. The molecule has 0 aliphatic rings. The van der Waals surface area contributed by atoms with Crippen molar-refractivity contribution in [3.05, 3.63) is 17.8 Å². The second-order valence-corrected chi connectivity index (χ2v) is 4.92. The monoisotopic (exact) mass is 223 g/mol. The van der Waals surface area contributed by atoms with E-state index in [0.717, 1.165) is 24.3 Å². The van der Waals surface area contributed by atoms with E-state index in [1.54, 1.807) is 6.20 Å². The number of rotatable bonds is 5. The van der Waals surface area contributed by atoms with Crippen LogP contribution in [0.25, 0.3) is 0 Å². The van der Waals surface area contributed by atoms with Gasteiger partial charge in [-0.15, -0.1) is 0 Å². The van der Waals surface area contributed by atoms with E-state index in [1.807, 2.05) is 13.0 Å². The summed E-state index contributed by atoms with van der Waals surface area (Å²) in [6.07, 6.45) is 2.44. The number of anilines is 2. The fraction of sp³-hybridized carbons (Fsp3) is 0.583. The molecule has 90 valence electrons. The molecule has 0 aliphatic heterocycles. The van der Waals surface area contributed by atoms with Crippen molar-refractivity contribution in [2.45, 2.75) is 27.2 Å². The third-order valence-electron chi connectivity index (χ3n) is 2.69. The molecule has 1 heterocycles. The normalized spacial score (nSPS) is 11.5. The van der Waals surface area contributed by atoms with Crippen molar-refractivity contribution < 1.29 is 5.11 Å². The molecule has 0 bridgehead atoms. The highest BCUT2D eigenvalue weighted by molar-refractivity contribution is 5.50. The Morgan fingerprint density at radius 2 is 2.19 bits per heavy atom. The van der Waals surface area contributed by atoms with Gasteiger partial charge in [0, 0.05) is 13.2 Å². The van der Waals surface area contributed by atoms with Crippen LogP contribution in [0, 0.1) is 12.3 Å². The van der Waals surface area contributed by atoms with Crippen LogP contribution in [-0.4, -0.2) is 23.2 Å². The van der Waals surface area contributed by atoms with E-state index >= 15 is 0 Å². The van der Waals surface area contributed by atoms with E-state index < -0.39 is 0 Å². The average Bonchev–Trinajstić information content (AvgIpc) is 2.20. The minimum absolute atomic E-state index is 0.0612. The topological polar surface area (TPSA) is 71.2 Å². The van der Waals surface area contributed by atoms with Crippen molar-refractivity contribution in [1.82, 2.24) is 4.98 Å². The molecule has 1 aromatic rings. The highest BCUT2D eigenvalue weighted by Gasteiger charge is 2.16. The molecule has 0 unspecified atom stereocenters. The number of pyridine rings is 1. The van der Waals surface area contributed by atoms with Gasteiger partial charge >= 0.3 is 0 Å². The van der Waals surface area contributed by atoms with Crippen LogP contribution in [0.5, 0.6) is 0 Å². The number of aromatic nitrogens is 1. The highest BCUT2D eigenvalue weighted by Crippen LogP contribution is 2.21. The SMILES string of the molecule is Cc1cc(NCC(C)(C)CCO)ncc1N. The van der Waals surface area contributed by atoms with Crippen molar-refractivity contribution in [2.24, 2.45) is 5.41 Å². The molecule has 1 rings (SSSR count). The predicted octanol–water partition coefficient (Wildman–Crippen LogP) is 1.79. The summed E-state index contributed by atoms with van der Waals surface area (Å²) in [6.45, 7) is 7.18. The summed E-state index contributed by atoms with van der Waals surface area (Å²) < 4.78 is 0. The fourth-order valence-electron chi connectivity index (χ4n) is 1.38. The van der Waals surface area contributed by atoms with E-state index in [1.165, 1.54) is 0 Å². The molecule has 0 radical (unpaired) electrons. The van der Waals surface area contributed by atoms with E-state index in [0.29, 0.717) is 5.69 Å². The molecule has 0 atom stereocenters. The van der Waals surface area contributed by atoms with Crippen LogP contribution in [0.2, 0.25) is 0 Å². The Bertz CT molecular complexity index is 350. The molecule has 4 N–H and O–H groups in total. The first-order chi connectivity index (χ1) is 7.44. The van der Waals surface area contributed by atoms with E-state index in [9.17, 15) is 0 Å². The molecule has 0 aliphatic carbocycles. The lowest BCUT2D eigenvalue weighted by atomic mass is 9.90. The number of aliphatic hydroxyl groups excluding tert-OH is 1. The molecule has 0 aromatic carbocycles. The Labute approximate surface area is 96.9 Å². The van der Waals surface area contributed by atoms with Gasteiger partial charge in [0.2, 0.25) is 0 Å². The second kappa shape index (κ2) is 5.16. The molecular weight excluding hydrogens is 202 g/mol. The van der Waals surface area contributed by atoms with Crippen molar-refractivity contribution in [2.75, 3.05) is 24.2 Å². The van der Waals surface area contributed by atoms with Gasteiger partial charge < -0.3 is 16.2 Å². The van der Waals surface area contributed by atoms with E-state index in [2.05, 4.69) is 24.1 Å². The zero-order chi connectivity index (χ0) is 12.2. The first-order valence-electron chi connectivity index (χ1n) is 5.51. The molecule has 4 nitrogen and oxygen atoms in total. The van der Waals surface area contributed by atoms with E-state index in [-0.39, 0.29) is 12.0 Å². The molecule has 1 aromatic heterocycles. The lowest BCUT2D eigenvalue weighted by molar-refractivity contribution is 0.220. The Hall–Kier alpha value is -1.29. The van der Waals surface area contributed by atoms with Crippen molar-refractivity contribution in [3.63, 3.8) is 0 Å². The fourth-order valence-corrected chi connectivity index (χ4v) is 1.38. The third-order valence-corrected chi connectivity index (χ3v) is 2.69. The summed E-state index contributed by atoms with van der Waals surface area (Å²) in [7, 11) is 0. The maximum Gasteiger partial charge on any atom is 0.126 e. The lowest BCUT2D eigenvalue weighted by Crippen LogP contribution is -2.24. The molecule has 16 heavy (non-hydrogen) atoms. The number of nitrogens with two attached hydrogens (primary N) is 1. The van der Waals surface area contributed by atoms with Gasteiger partial charge in [-0.25, -0.2) is 4.98 Å². The number of aliphatic hydroxyl groups is 1. The quantitative estimate of drug-likeness (QED) is 0.711. The number of nitrogens with one attached hydrogen (secondary N) is 1. The standard InChI is InChI=1S/C12H21N3O/c1-9-6-11(14-7-10(9)13)15-8-12(2,3)4-5-16/h6-7,16H,4-5,8,13H2,1-3H3,(H,14,15). The molecular formula is C12H21N3O. The zero-order valence-electron chi connectivity index (χ0n) is 10.2. The second-order valence-electron chi connectivity index (χ2n) is 4.92. The van der Waals surface area contributed by atoms with Crippen LogP contribution < -0.4 is 11.1 Å². The molecule has 0 saturated heterocycles. The van der Waals surface area contributed by atoms with Crippen molar-refractivity contribution in [1.29, 1.82) is 0 Å². The van der Waals surface area contributed by atoms with Crippen LogP contribution in [0.1, 0.15) is 25.8 Å². The summed E-state index contributed by atoms with van der Waals surface area (Å²) in [5, 5.41) is 12.2. The molecule has 4 heteroatoms. The Morgan fingerprint density at radius 3 is 2.75 bits per heavy atom. The van der Waals surface area contributed by atoms with Crippen molar-refractivity contribution >= 4 is 11.5 Å². The van der Waals surface area contributed by atoms with Gasteiger partial charge in [0.1, 0.15) is 5.82 Å². The minimum Gasteiger partial charge on any atom is -0.397 e. The Kier molecular flexibility index (Phi) is 4.12. The first kappa shape index (κ1) is 12.8. The summed E-state index contributed by atoms with van der Waals surface area (Å²) in [6, 6.07) is 1.93. The predicted molar refractivity (Wildman–Crippen MR) is 67.4 cm³/mol. The first-order valence-corrected chi connectivity index (χ1v) is 5.51. The van der Waals surface area contributed by atoms with Gasteiger partial charge in [0.05, 0.1) is 11.9 Å². The Balaban J connectivity index is 2.57. The van der Waals surface area contributed by atoms with Gasteiger partial charge in [-0.05, 0) is 30.4 Å². The summed E-state index contributed by atoms with van der Waals surface area (Å²) in [5.41, 5.74) is 7.49. The smallest absolute Gasteiger partial charge is 0.126 e. The number of nitrogens with zero attached hydrogens (tertiary/aromatic N) is 1. The number of aryl methyl sites for hydroxylation is 1. The summed E-state index contributed by atoms with van der Waals surface area (Å²) in [4.78, 5) is 4.20. The molecule has 0 fully saturated rings. The lowest BCUT2D eigenvalue weighted by Gasteiger charge is -2.24. The van der Waals surface area contributed by atoms with Crippen LogP contribution in [-0.2, 0) is 0 Å². The minimum atomic E-state index is 0.0612. The van der Waals surface area contributed by atoms with Crippen LogP contribution in [0.15, 0.2) is 12.3 Å². The van der Waals surface area contributed by atoms with Crippen LogP contribution in [0.4, 0.5) is 11.5 Å². The number of hydrogen-bond donors (Lipinski definition) is 3. The molecule has 0 amide bonds. The highest BCUT2D eigenvalue weighted by atomic mass is 16.3. The average molecular weight is 223 g/mol. The van der Waals surface area contributed by atoms with Crippen LogP contribution >= 0.6 is 0 Å². The van der Waals surface area contributed by atoms with Gasteiger partial charge in [-0.2, -0.15) is 0 Å². The summed E-state index contributed by atoms with van der Waals surface area (Å²) >= 11 is 0. The van der Waals surface area contributed by atoms with Crippen LogP contribution in [0.3, 0.4) is 0 Å². The molecule has 0 saturated carbocycles. The van der Waals surface area contributed by atoms with Gasteiger partial charge in [0.15, 0.2) is 0 Å². The van der Waals surface area contributed by atoms with Crippen molar-refractivity contribution in [3.8, 4) is 0 Å². The van der Waals surface area contributed by atoms with Gasteiger partial charge in [-0.1, -0.05) is 13.8 Å². The van der Waals surface area contributed by atoms with Gasteiger partial charge in [0.25, 0.3) is 0 Å². The number of hydrogen-bond acceptors (Lipinski definition) is 4. The summed E-state index contributed by atoms with van der Waals surface area (Å²) in [5.74, 6) is 0.831. The maximum atomic E-state index is 8.92. The van der Waals surface area contributed by atoms with E-state index in [4.69, 9.17) is 10.8 Å². The third kappa shape index (κ3) is 3.70. The Morgan fingerprint density at radius 1 is 1.50 bits per heavy atom. The maximum absolute atomic E-state index is 8.92.